The second kappa shape index (κ2) is 6.16. The summed E-state index contributed by atoms with van der Waals surface area (Å²) in [5, 5.41) is 9.54. The zero-order valence-electron chi connectivity index (χ0n) is 15.3. The minimum absolute atomic E-state index is 0.206. The fourth-order valence-electron chi connectivity index (χ4n) is 4.44. The van der Waals surface area contributed by atoms with E-state index in [0.717, 1.165) is 5.56 Å². The molecule has 1 aromatic rings. The van der Waals surface area contributed by atoms with Gasteiger partial charge in [0.05, 0.1) is 39.9 Å². The van der Waals surface area contributed by atoms with E-state index in [1.165, 1.54) is 21.3 Å². The molecule has 4 atom stereocenters. The van der Waals surface area contributed by atoms with Crippen molar-refractivity contribution < 1.29 is 33.6 Å². The van der Waals surface area contributed by atoms with Gasteiger partial charge in [-0.1, -0.05) is 12.2 Å². The Morgan fingerprint density at radius 3 is 2.48 bits per heavy atom. The lowest BCUT2D eigenvalue weighted by atomic mass is 9.77. The lowest BCUT2D eigenvalue weighted by Crippen LogP contribution is -2.39. The summed E-state index contributed by atoms with van der Waals surface area (Å²) in [6.07, 6.45) is 3.07. The van der Waals surface area contributed by atoms with Crippen molar-refractivity contribution in [3.63, 3.8) is 0 Å². The van der Waals surface area contributed by atoms with Gasteiger partial charge < -0.3 is 29.0 Å². The van der Waals surface area contributed by atoms with Crippen molar-refractivity contribution in [2.24, 2.45) is 11.8 Å². The van der Waals surface area contributed by atoms with E-state index in [1.54, 1.807) is 23.1 Å². The van der Waals surface area contributed by atoms with E-state index in [1.807, 2.05) is 6.08 Å². The van der Waals surface area contributed by atoms with Crippen LogP contribution >= 0.6 is 0 Å². The molecule has 3 aliphatic rings. The second-order valence-electron chi connectivity index (χ2n) is 6.97. The third-order valence-corrected chi connectivity index (χ3v) is 5.56. The molecule has 1 aromatic carbocycles. The van der Waals surface area contributed by atoms with Crippen molar-refractivity contribution in [3.05, 3.63) is 29.8 Å². The van der Waals surface area contributed by atoms with E-state index in [9.17, 15) is 14.7 Å². The molecule has 2 fully saturated rings. The van der Waals surface area contributed by atoms with Gasteiger partial charge in [-0.05, 0) is 17.7 Å². The summed E-state index contributed by atoms with van der Waals surface area (Å²) < 4.78 is 21.9. The minimum atomic E-state index is -1.00. The predicted molar refractivity (Wildman–Crippen MR) is 92.9 cm³/mol. The Kier molecular flexibility index (Phi) is 4.03. The zero-order chi connectivity index (χ0) is 19.3. The number of ether oxygens (including phenoxy) is 4. The number of methoxy groups -OCH3 is 3. The third-order valence-electron chi connectivity index (χ3n) is 5.56. The maximum absolute atomic E-state index is 13.0. The molecule has 0 aromatic heterocycles. The van der Waals surface area contributed by atoms with Gasteiger partial charge in [-0.3, -0.25) is 9.59 Å². The number of nitrogens with zero attached hydrogens (tertiary/aromatic N) is 1. The molecule has 144 valence electrons. The van der Waals surface area contributed by atoms with Gasteiger partial charge in [0.1, 0.15) is 11.5 Å². The molecular formula is C19H21NO7. The topological polar surface area (TPSA) is 94.5 Å². The van der Waals surface area contributed by atoms with Crippen LogP contribution in [0.2, 0.25) is 0 Å². The second-order valence-corrected chi connectivity index (χ2v) is 6.97. The molecule has 0 unspecified atom stereocenters. The van der Waals surface area contributed by atoms with E-state index in [-0.39, 0.29) is 5.91 Å². The van der Waals surface area contributed by atoms with Gasteiger partial charge in [0.2, 0.25) is 11.7 Å². The number of likely N-dealkylation sites (tertiary alicyclic amines) is 1. The van der Waals surface area contributed by atoms with Crippen molar-refractivity contribution in [1.82, 2.24) is 4.90 Å². The number of aliphatic carboxylic acids is 1. The van der Waals surface area contributed by atoms with Crippen LogP contribution in [0.5, 0.6) is 17.2 Å². The molecule has 0 saturated carbocycles. The Hall–Kier alpha value is -2.74. The van der Waals surface area contributed by atoms with Crippen LogP contribution in [0.25, 0.3) is 0 Å². The van der Waals surface area contributed by atoms with Gasteiger partial charge in [-0.15, -0.1) is 0 Å². The first-order valence-corrected chi connectivity index (χ1v) is 8.61. The first kappa shape index (κ1) is 17.7. The van der Waals surface area contributed by atoms with Gasteiger partial charge in [0, 0.05) is 6.54 Å². The highest BCUT2D eigenvalue weighted by Crippen LogP contribution is 2.52. The number of carbonyl (C=O) groups excluding carboxylic acids is 1. The van der Waals surface area contributed by atoms with Crippen molar-refractivity contribution in [2.45, 2.75) is 18.2 Å². The van der Waals surface area contributed by atoms with Gasteiger partial charge in [0.25, 0.3) is 0 Å². The summed E-state index contributed by atoms with van der Waals surface area (Å²) in [5.74, 6) is -1.26. The van der Waals surface area contributed by atoms with E-state index >= 15 is 0 Å². The molecule has 8 heteroatoms. The summed E-state index contributed by atoms with van der Waals surface area (Å²) in [4.78, 5) is 26.3. The number of rotatable bonds is 6. The van der Waals surface area contributed by atoms with Crippen molar-refractivity contribution in [1.29, 1.82) is 0 Å². The van der Waals surface area contributed by atoms with Crippen LogP contribution in [-0.4, -0.2) is 61.5 Å². The summed E-state index contributed by atoms with van der Waals surface area (Å²) >= 11 is 0. The Morgan fingerprint density at radius 1 is 1.26 bits per heavy atom. The van der Waals surface area contributed by atoms with E-state index in [0.29, 0.717) is 30.3 Å². The highest BCUT2D eigenvalue weighted by atomic mass is 16.5. The van der Waals surface area contributed by atoms with Crippen LogP contribution in [0.15, 0.2) is 24.3 Å². The van der Waals surface area contributed by atoms with Crippen LogP contribution in [0.3, 0.4) is 0 Å². The molecule has 4 rings (SSSR count). The summed E-state index contributed by atoms with van der Waals surface area (Å²) in [7, 11) is 4.58. The molecule has 2 bridgehead atoms. The fourth-order valence-corrected chi connectivity index (χ4v) is 4.44. The smallest absolute Gasteiger partial charge is 0.310 e. The molecule has 1 N–H and O–H groups in total. The minimum Gasteiger partial charge on any atom is -0.493 e. The highest BCUT2D eigenvalue weighted by molar-refractivity contribution is 5.90. The number of carboxylic acid groups (broad SMARTS) is 1. The standard InChI is InChI=1S/C19H21NO7/c1-24-12-6-10(7-13(25-2)16(12)26-3)8-20-9-19-5-4-11(27-19)14(18(22)23)15(19)17(20)21/h4-7,11,14-15H,8-9H2,1-3H3,(H,22,23)/t11-,14+,15+,19-/m0/s1. The maximum atomic E-state index is 13.0. The van der Waals surface area contributed by atoms with Crippen LogP contribution in [-0.2, 0) is 20.9 Å². The molecule has 3 heterocycles. The number of fused-ring (bicyclic) bond motifs is 1. The molecule has 2 saturated heterocycles. The summed E-state index contributed by atoms with van der Waals surface area (Å²) in [6, 6.07) is 3.56. The molecule has 0 aliphatic carbocycles. The average Bonchev–Trinajstić information content (AvgIpc) is 3.29. The molecule has 8 nitrogen and oxygen atoms in total. The van der Waals surface area contributed by atoms with Gasteiger partial charge in [-0.2, -0.15) is 0 Å². The number of hydrogen-bond acceptors (Lipinski definition) is 6. The molecule has 27 heavy (non-hydrogen) atoms. The summed E-state index contributed by atoms with van der Waals surface area (Å²) in [6.45, 7) is 0.617. The average molecular weight is 375 g/mol. The van der Waals surface area contributed by atoms with Gasteiger partial charge in [-0.25, -0.2) is 0 Å². The predicted octanol–water partition coefficient (Wildman–Crippen LogP) is 1.08. The Labute approximate surface area is 156 Å². The van der Waals surface area contributed by atoms with Crippen LogP contribution in [0, 0.1) is 11.8 Å². The van der Waals surface area contributed by atoms with Crippen molar-refractivity contribution in [3.8, 4) is 17.2 Å². The number of carboxylic acids is 1. The number of amides is 1. The third kappa shape index (κ3) is 2.47. The zero-order valence-corrected chi connectivity index (χ0v) is 15.3. The first-order valence-electron chi connectivity index (χ1n) is 8.61. The lowest BCUT2D eigenvalue weighted by molar-refractivity contribution is -0.148. The Balaban J connectivity index is 1.63. The lowest BCUT2D eigenvalue weighted by Gasteiger charge is -2.22. The fraction of sp³-hybridized carbons (Fsp3) is 0.474. The maximum Gasteiger partial charge on any atom is 0.310 e. The normalized spacial score (nSPS) is 30.6. The molecular weight excluding hydrogens is 354 g/mol. The molecule has 1 amide bonds. The van der Waals surface area contributed by atoms with Crippen LogP contribution in [0.4, 0.5) is 0 Å². The van der Waals surface area contributed by atoms with Crippen molar-refractivity contribution >= 4 is 11.9 Å². The van der Waals surface area contributed by atoms with E-state index in [2.05, 4.69) is 0 Å². The SMILES string of the molecule is COc1cc(CN2C[C@]34C=C[C@H](O3)[C@@H](C(=O)O)[C@@H]4C2=O)cc(OC)c1OC. The molecule has 0 radical (unpaired) electrons. The van der Waals surface area contributed by atoms with Crippen LogP contribution in [0.1, 0.15) is 5.56 Å². The number of hydrogen-bond donors (Lipinski definition) is 1. The number of carbonyl (C=O) groups is 2. The van der Waals surface area contributed by atoms with Gasteiger partial charge in [0.15, 0.2) is 11.5 Å². The molecule has 1 spiro atoms. The molecule has 3 aliphatic heterocycles. The monoisotopic (exact) mass is 375 g/mol. The van der Waals surface area contributed by atoms with E-state index in [4.69, 9.17) is 18.9 Å². The highest BCUT2D eigenvalue weighted by Gasteiger charge is 2.66. The number of benzene rings is 1. The Bertz CT molecular complexity index is 810. The quantitative estimate of drug-likeness (QED) is 0.744. The largest absolute Gasteiger partial charge is 0.493 e. The van der Waals surface area contributed by atoms with Crippen molar-refractivity contribution in [2.75, 3.05) is 27.9 Å². The first-order chi connectivity index (χ1) is 12.9. The van der Waals surface area contributed by atoms with Crippen LogP contribution < -0.4 is 14.2 Å². The summed E-state index contributed by atoms with van der Waals surface area (Å²) in [5.41, 5.74) is -0.0505. The Morgan fingerprint density at radius 2 is 1.93 bits per heavy atom. The van der Waals surface area contributed by atoms with E-state index < -0.39 is 29.5 Å². The van der Waals surface area contributed by atoms with Gasteiger partial charge >= 0.3 is 5.97 Å².